The Kier molecular flexibility index (Phi) is 5.15. The molecule has 4 rings (SSSR count). The van der Waals surface area contributed by atoms with Crippen molar-refractivity contribution in [3.05, 3.63) is 71.3 Å². The fourth-order valence-corrected chi connectivity index (χ4v) is 4.44. The first-order chi connectivity index (χ1) is 13.1. The van der Waals surface area contributed by atoms with Gasteiger partial charge in [0.2, 0.25) is 0 Å². The van der Waals surface area contributed by atoms with Crippen LogP contribution >= 0.6 is 34.9 Å². The summed E-state index contributed by atoms with van der Waals surface area (Å²) in [7, 11) is 0. The van der Waals surface area contributed by atoms with E-state index in [1.165, 1.54) is 53.9 Å². The summed E-state index contributed by atoms with van der Waals surface area (Å²) < 4.78 is 18.3. The Balaban J connectivity index is 1.58. The van der Waals surface area contributed by atoms with Crippen molar-refractivity contribution < 1.29 is 9.18 Å². The smallest absolute Gasteiger partial charge is 0.173 e. The highest BCUT2D eigenvalue weighted by Gasteiger charge is 2.16. The second-order valence-corrected chi connectivity index (χ2v) is 7.79. The molecular formula is C19H11ClFN3OS2. The number of fused-ring (bicyclic) bond motifs is 1. The molecule has 0 N–H and O–H groups in total. The Labute approximate surface area is 167 Å². The van der Waals surface area contributed by atoms with Crippen LogP contribution in [0.3, 0.4) is 0 Å². The second-order valence-electron chi connectivity index (χ2n) is 5.61. The van der Waals surface area contributed by atoms with Gasteiger partial charge in [0, 0.05) is 16.1 Å². The van der Waals surface area contributed by atoms with Gasteiger partial charge >= 0.3 is 0 Å². The highest BCUT2D eigenvalue weighted by atomic mass is 35.5. The van der Waals surface area contributed by atoms with E-state index in [0.29, 0.717) is 15.6 Å². The minimum absolute atomic E-state index is 0.0887. The maximum Gasteiger partial charge on any atom is 0.173 e. The van der Waals surface area contributed by atoms with Gasteiger partial charge in [0.25, 0.3) is 0 Å². The summed E-state index contributed by atoms with van der Waals surface area (Å²) in [6.07, 6.45) is 1.47. The van der Waals surface area contributed by atoms with Crippen LogP contribution in [-0.4, -0.2) is 25.9 Å². The minimum atomic E-state index is -0.365. The van der Waals surface area contributed by atoms with Gasteiger partial charge in [-0.1, -0.05) is 35.5 Å². The summed E-state index contributed by atoms with van der Waals surface area (Å²) in [6, 6.07) is 12.9. The van der Waals surface area contributed by atoms with Crippen molar-refractivity contribution in [2.75, 3.05) is 5.75 Å². The van der Waals surface area contributed by atoms with Crippen LogP contribution in [0, 0.1) is 5.82 Å². The molecule has 0 amide bonds. The van der Waals surface area contributed by atoms with E-state index < -0.39 is 0 Å². The Morgan fingerprint density at radius 1 is 1.07 bits per heavy atom. The molecule has 2 aromatic carbocycles. The Morgan fingerprint density at radius 2 is 1.81 bits per heavy atom. The summed E-state index contributed by atoms with van der Waals surface area (Å²) in [5.41, 5.74) is 2.90. The third kappa shape index (κ3) is 3.85. The van der Waals surface area contributed by atoms with Crippen molar-refractivity contribution in [1.29, 1.82) is 0 Å². The third-order valence-electron chi connectivity index (χ3n) is 3.85. The first-order valence-corrected chi connectivity index (χ1v) is 10.0. The van der Waals surface area contributed by atoms with Crippen LogP contribution in [0.1, 0.15) is 10.4 Å². The number of halogens is 2. The Bertz CT molecular complexity index is 1110. The predicted molar refractivity (Wildman–Crippen MR) is 107 cm³/mol. The molecule has 0 saturated carbocycles. The molecule has 2 aromatic heterocycles. The number of nitrogens with zero attached hydrogens (tertiary/aromatic N) is 3. The van der Waals surface area contributed by atoms with Crippen LogP contribution in [0.25, 0.3) is 21.5 Å². The van der Waals surface area contributed by atoms with Gasteiger partial charge in [-0.2, -0.15) is 4.37 Å². The van der Waals surface area contributed by atoms with E-state index in [1.54, 1.807) is 12.1 Å². The van der Waals surface area contributed by atoms with Crippen molar-refractivity contribution in [1.82, 2.24) is 14.3 Å². The lowest BCUT2D eigenvalue weighted by atomic mass is 10.1. The van der Waals surface area contributed by atoms with Gasteiger partial charge in [-0.3, -0.25) is 4.79 Å². The maximum atomic E-state index is 13.0. The average molecular weight is 416 g/mol. The van der Waals surface area contributed by atoms with Crippen molar-refractivity contribution >= 4 is 50.9 Å². The molecule has 0 saturated heterocycles. The van der Waals surface area contributed by atoms with Crippen LogP contribution in [0.15, 0.2) is 59.9 Å². The zero-order valence-corrected chi connectivity index (χ0v) is 16.1. The second kappa shape index (κ2) is 7.72. The summed E-state index contributed by atoms with van der Waals surface area (Å²) in [5, 5.41) is 1.36. The molecule has 0 unspecified atom stereocenters. The number of thioether (sulfide) groups is 1. The minimum Gasteiger partial charge on any atom is -0.293 e. The van der Waals surface area contributed by atoms with Gasteiger partial charge in [0.05, 0.1) is 5.75 Å². The van der Waals surface area contributed by atoms with E-state index in [-0.39, 0.29) is 17.4 Å². The van der Waals surface area contributed by atoms with E-state index in [4.69, 9.17) is 11.6 Å². The first-order valence-electron chi connectivity index (χ1n) is 7.90. The Hall–Kier alpha value is -2.35. The van der Waals surface area contributed by atoms with Gasteiger partial charge < -0.3 is 0 Å². The number of Topliss-reactive ketones (excluding diaryl/α,β-unsaturated/α-hetero) is 1. The van der Waals surface area contributed by atoms with Crippen molar-refractivity contribution in [3.63, 3.8) is 0 Å². The van der Waals surface area contributed by atoms with E-state index in [9.17, 15) is 9.18 Å². The molecule has 8 heteroatoms. The fraction of sp³-hybridized carbons (Fsp3) is 0.0526. The molecule has 4 nitrogen and oxygen atoms in total. The lowest BCUT2D eigenvalue weighted by Crippen LogP contribution is -2.02. The number of hydrogen-bond acceptors (Lipinski definition) is 6. The molecule has 0 aliphatic heterocycles. The average Bonchev–Trinajstić information content (AvgIpc) is 3.12. The number of ketones is 1. The van der Waals surface area contributed by atoms with Crippen LogP contribution in [0.5, 0.6) is 0 Å². The monoisotopic (exact) mass is 415 g/mol. The van der Waals surface area contributed by atoms with Gasteiger partial charge in [-0.05, 0) is 47.9 Å². The molecule has 27 heavy (non-hydrogen) atoms. The lowest BCUT2D eigenvalue weighted by molar-refractivity contribution is 0.102. The number of aromatic nitrogens is 3. The van der Waals surface area contributed by atoms with Crippen LogP contribution in [0.2, 0.25) is 5.02 Å². The van der Waals surface area contributed by atoms with Gasteiger partial charge in [0.1, 0.15) is 33.1 Å². The number of carbonyl (C=O) groups excluding carboxylic acids is 1. The number of hydrogen-bond donors (Lipinski definition) is 0. The van der Waals surface area contributed by atoms with Crippen molar-refractivity contribution in [2.45, 2.75) is 5.03 Å². The fourth-order valence-electron chi connectivity index (χ4n) is 2.50. The van der Waals surface area contributed by atoms with Crippen molar-refractivity contribution in [3.8, 4) is 11.3 Å². The molecule has 0 atom stereocenters. The van der Waals surface area contributed by atoms with E-state index in [1.807, 2.05) is 12.1 Å². The van der Waals surface area contributed by atoms with Crippen LogP contribution in [0.4, 0.5) is 4.39 Å². The summed E-state index contributed by atoms with van der Waals surface area (Å²) >= 11 is 8.57. The zero-order chi connectivity index (χ0) is 18.8. The van der Waals surface area contributed by atoms with E-state index in [0.717, 1.165) is 21.5 Å². The highest BCUT2D eigenvalue weighted by Crippen LogP contribution is 2.34. The molecule has 134 valence electrons. The summed E-state index contributed by atoms with van der Waals surface area (Å²) in [6.45, 7) is 0. The standard InChI is InChI=1S/C19H11ClFN3OS2/c20-13-5-1-12(2-6-13)16-17-18(27-24-16)19(23-10-22-17)26-9-15(25)11-3-7-14(21)8-4-11/h1-8,10H,9H2. The zero-order valence-electron chi connectivity index (χ0n) is 13.7. The Morgan fingerprint density at radius 3 is 2.56 bits per heavy atom. The number of carbonyl (C=O) groups is 1. The van der Waals surface area contributed by atoms with Gasteiger partial charge in [0.15, 0.2) is 5.78 Å². The molecule has 0 aliphatic rings. The molecule has 0 fully saturated rings. The molecule has 0 bridgehead atoms. The third-order valence-corrected chi connectivity index (χ3v) is 6.06. The van der Waals surface area contributed by atoms with E-state index >= 15 is 0 Å². The molecule has 0 radical (unpaired) electrons. The van der Waals surface area contributed by atoms with Gasteiger partial charge in [-0.15, -0.1) is 0 Å². The number of rotatable bonds is 5. The van der Waals surface area contributed by atoms with E-state index in [2.05, 4.69) is 14.3 Å². The normalized spacial score (nSPS) is 11.0. The largest absolute Gasteiger partial charge is 0.293 e. The molecular weight excluding hydrogens is 405 g/mol. The quantitative estimate of drug-likeness (QED) is 0.244. The van der Waals surface area contributed by atoms with Crippen LogP contribution < -0.4 is 0 Å². The molecule has 0 spiro atoms. The van der Waals surface area contributed by atoms with Crippen molar-refractivity contribution in [2.24, 2.45) is 0 Å². The lowest BCUT2D eigenvalue weighted by Gasteiger charge is -2.02. The summed E-state index contributed by atoms with van der Waals surface area (Å²) in [4.78, 5) is 21.0. The highest BCUT2D eigenvalue weighted by molar-refractivity contribution is 8.00. The SMILES string of the molecule is O=C(CSc1ncnc2c(-c3ccc(Cl)cc3)nsc12)c1ccc(F)cc1. The number of benzene rings is 2. The summed E-state index contributed by atoms with van der Waals surface area (Å²) in [5.74, 6) is -0.253. The molecule has 2 heterocycles. The topological polar surface area (TPSA) is 55.7 Å². The predicted octanol–water partition coefficient (Wildman–Crippen LogP) is 5.52. The van der Waals surface area contributed by atoms with Gasteiger partial charge in [-0.25, -0.2) is 14.4 Å². The maximum absolute atomic E-state index is 13.0. The molecule has 0 aliphatic carbocycles. The van der Waals surface area contributed by atoms with Crippen LogP contribution in [-0.2, 0) is 0 Å². The first kappa shape index (κ1) is 18.0. The molecule has 4 aromatic rings.